The van der Waals surface area contributed by atoms with E-state index in [1.165, 1.54) is 16.3 Å². The van der Waals surface area contributed by atoms with Crippen molar-refractivity contribution >= 4 is 10.8 Å². The number of nitrogens with two attached hydrogens (primary N) is 1. The van der Waals surface area contributed by atoms with Crippen LogP contribution < -0.4 is 11.0 Å². The van der Waals surface area contributed by atoms with Gasteiger partial charge in [0.1, 0.15) is 1.41 Å². The fraction of sp³-hybridized carbons (Fsp3) is 0.286. The van der Waals surface area contributed by atoms with Crippen LogP contribution >= 0.6 is 0 Å². The molecule has 1 fully saturated rings. The van der Waals surface area contributed by atoms with Crippen molar-refractivity contribution in [3.63, 3.8) is 0 Å². The highest BCUT2D eigenvalue weighted by molar-refractivity contribution is 5.86. The van der Waals surface area contributed by atoms with Gasteiger partial charge in [-0.2, -0.15) is 0 Å². The summed E-state index contributed by atoms with van der Waals surface area (Å²) in [4.78, 5) is 0. The average molecular weight is 213 g/mol. The van der Waals surface area contributed by atoms with Gasteiger partial charge in [-0.1, -0.05) is 42.5 Å². The van der Waals surface area contributed by atoms with E-state index in [0.717, 1.165) is 13.0 Å². The van der Waals surface area contributed by atoms with E-state index in [2.05, 4.69) is 30.3 Å². The third-order valence-corrected chi connectivity index (χ3v) is 3.34. The maximum absolute atomic E-state index is 7.99. The lowest BCUT2D eigenvalue weighted by Gasteiger charge is -2.18. The molecule has 2 atom stereocenters. The Morgan fingerprint density at radius 2 is 2.00 bits per heavy atom. The SMILES string of the molecule is [2H]N1CCC(N)[C@H]1c1cccc2ccccc12. The topological polar surface area (TPSA) is 38.0 Å². The van der Waals surface area contributed by atoms with E-state index in [0.29, 0.717) is 0 Å². The van der Waals surface area contributed by atoms with Crippen molar-refractivity contribution in [2.45, 2.75) is 18.5 Å². The van der Waals surface area contributed by atoms with Gasteiger partial charge < -0.3 is 11.0 Å². The zero-order valence-corrected chi connectivity index (χ0v) is 9.13. The van der Waals surface area contributed by atoms with Gasteiger partial charge in [-0.15, -0.1) is 0 Å². The Morgan fingerprint density at radius 1 is 1.19 bits per heavy atom. The van der Waals surface area contributed by atoms with Crippen LogP contribution in [-0.2, 0) is 0 Å². The molecule has 1 saturated heterocycles. The van der Waals surface area contributed by atoms with E-state index in [-0.39, 0.29) is 12.1 Å². The van der Waals surface area contributed by atoms with Gasteiger partial charge in [-0.3, -0.25) is 0 Å². The molecular formula is C14H16N2. The molecule has 2 heteroatoms. The molecule has 1 heterocycles. The van der Waals surface area contributed by atoms with Crippen LogP contribution in [0.2, 0.25) is 1.41 Å². The highest BCUT2D eigenvalue weighted by atomic mass is 15.0. The minimum absolute atomic E-state index is 0.0288. The van der Waals surface area contributed by atoms with Gasteiger partial charge in [0.05, 0.1) is 0 Å². The van der Waals surface area contributed by atoms with Gasteiger partial charge in [0.15, 0.2) is 0 Å². The molecule has 0 radical (unpaired) electrons. The van der Waals surface area contributed by atoms with Crippen LogP contribution in [0.5, 0.6) is 0 Å². The number of rotatable bonds is 1. The van der Waals surface area contributed by atoms with Crippen molar-refractivity contribution in [3.05, 3.63) is 48.0 Å². The molecule has 3 rings (SSSR count). The molecule has 0 aliphatic carbocycles. The van der Waals surface area contributed by atoms with Crippen LogP contribution in [0, 0.1) is 0 Å². The lowest BCUT2D eigenvalue weighted by Crippen LogP contribution is -2.28. The summed E-state index contributed by atoms with van der Waals surface area (Å²) in [7, 11) is 0. The molecule has 1 aliphatic heterocycles. The molecule has 16 heavy (non-hydrogen) atoms. The quantitative estimate of drug-likeness (QED) is 0.762. The largest absolute Gasteiger partial charge is 0.326 e. The van der Waals surface area contributed by atoms with Crippen LogP contribution in [-0.4, -0.2) is 12.6 Å². The molecule has 0 aromatic heterocycles. The Labute approximate surface area is 96.9 Å². The molecule has 0 spiro atoms. The molecule has 0 amide bonds. The summed E-state index contributed by atoms with van der Waals surface area (Å²) in [5, 5.41) is 4.05. The normalized spacial score (nSPS) is 27.2. The molecule has 0 bridgehead atoms. The highest BCUT2D eigenvalue weighted by Crippen LogP contribution is 2.28. The van der Waals surface area contributed by atoms with E-state index in [9.17, 15) is 0 Å². The third-order valence-electron chi connectivity index (χ3n) is 3.34. The van der Waals surface area contributed by atoms with Crippen molar-refractivity contribution in [1.82, 2.24) is 5.31 Å². The van der Waals surface area contributed by atoms with Crippen molar-refractivity contribution in [1.29, 1.82) is 0 Å². The van der Waals surface area contributed by atoms with Gasteiger partial charge in [0.25, 0.3) is 0 Å². The maximum atomic E-state index is 7.99. The highest BCUT2D eigenvalue weighted by Gasteiger charge is 2.25. The number of hydrogen-bond acceptors (Lipinski definition) is 2. The molecule has 2 aromatic carbocycles. The second kappa shape index (κ2) is 3.89. The predicted octanol–water partition coefficient (Wildman–Crippen LogP) is 2.20. The maximum Gasteiger partial charge on any atom is 0.123 e. The summed E-state index contributed by atoms with van der Waals surface area (Å²) in [5.41, 5.74) is 7.31. The lowest BCUT2D eigenvalue weighted by molar-refractivity contribution is 0.575. The molecule has 82 valence electrons. The third kappa shape index (κ3) is 1.51. The van der Waals surface area contributed by atoms with Gasteiger partial charge in [-0.05, 0) is 29.3 Å². The van der Waals surface area contributed by atoms with Gasteiger partial charge >= 0.3 is 0 Å². The first-order valence-electron chi connectivity index (χ1n) is 6.21. The average Bonchev–Trinajstić information content (AvgIpc) is 2.69. The summed E-state index contributed by atoms with van der Waals surface area (Å²) in [6.45, 7) is 0.759. The van der Waals surface area contributed by atoms with E-state index in [4.69, 9.17) is 7.15 Å². The van der Waals surface area contributed by atoms with Crippen LogP contribution in [0.1, 0.15) is 18.0 Å². The molecule has 1 unspecified atom stereocenters. The minimum Gasteiger partial charge on any atom is -0.326 e. The fourth-order valence-corrected chi connectivity index (χ4v) is 2.49. The van der Waals surface area contributed by atoms with Crippen molar-refractivity contribution in [2.75, 3.05) is 6.54 Å². The van der Waals surface area contributed by atoms with E-state index in [1.54, 1.807) is 5.31 Å². The molecule has 2 nitrogen and oxygen atoms in total. The summed E-state index contributed by atoms with van der Waals surface area (Å²) in [6, 6.07) is 14.7. The Morgan fingerprint density at radius 3 is 2.81 bits per heavy atom. The van der Waals surface area contributed by atoms with Crippen LogP contribution in [0.15, 0.2) is 42.5 Å². The first-order valence-corrected chi connectivity index (χ1v) is 5.76. The Hall–Kier alpha value is -1.38. The molecule has 3 N–H and O–H groups in total. The van der Waals surface area contributed by atoms with E-state index in [1.807, 2.05) is 12.1 Å². The summed E-state index contributed by atoms with van der Waals surface area (Å²) in [6.07, 6.45) is 0.900. The van der Waals surface area contributed by atoms with Crippen LogP contribution in [0.3, 0.4) is 0 Å². The standard InChI is InChI=1S/C14H16N2/c15-13-8-9-16-14(13)12-7-3-5-10-4-1-2-6-11(10)12/h1-7,13-14,16H,8-9,15H2/t13?,14-/m1/s1/i/hD. The zero-order chi connectivity index (χ0) is 11.8. The van der Waals surface area contributed by atoms with Crippen LogP contribution in [0.4, 0.5) is 0 Å². The number of nitrogens with one attached hydrogen (secondary N) is 1. The van der Waals surface area contributed by atoms with Crippen LogP contribution in [0.25, 0.3) is 10.8 Å². The van der Waals surface area contributed by atoms with Crippen molar-refractivity contribution < 1.29 is 1.41 Å². The monoisotopic (exact) mass is 213 g/mol. The summed E-state index contributed by atoms with van der Waals surface area (Å²) < 4.78 is 7.99. The fourth-order valence-electron chi connectivity index (χ4n) is 2.49. The zero-order valence-electron chi connectivity index (χ0n) is 10.1. The van der Waals surface area contributed by atoms with Gasteiger partial charge in [0.2, 0.25) is 0 Å². The molecule has 1 aliphatic rings. The van der Waals surface area contributed by atoms with Gasteiger partial charge in [0, 0.05) is 12.1 Å². The van der Waals surface area contributed by atoms with E-state index >= 15 is 0 Å². The van der Waals surface area contributed by atoms with Crippen molar-refractivity contribution in [2.24, 2.45) is 5.73 Å². The first kappa shape index (κ1) is 8.74. The molecule has 0 saturated carbocycles. The number of benzene rings is 2. The second-order valence-corrected chi connectivity index (χ2v) is 4.37. The predicted molar refractivity (Wildman–Crippen MR) is 67.3 cm³/mol. The number of hydrogen-bond donors (Lipinski definition) is 2. The number of fused-ring (bicyclic) bond motifs is 1. The van der Waals surface area contributed by atoms with Crippen molar-refractivity contribution in [3.8, 4) is 0 Å². The minimum atomic E-state index is 0.0288. The van der Waals surface area contributed by atoms with Gasteiger partial charge in [-0.25, -0.2) is 0 Å². The van der Waals surface area contributed by atoms with E-state index < -0.39 is 0 Å². The Kier molecular flexibility index (Phi) is 2.12. The second-order valence-electron chi connectivity index (χ2n) is 4.37. The summed E-state index contributed by atoms with van der Waals surface area (Å²) >= 11 is 0. The summed E-state index contributed by atoms with van der Waals surface area (Å²) in [5.74, 6) is 0. The first-order chi connectivity index (χ1) is 8.27. The lowest BCUT2D eigenvalue weighted by atomic mass is 9.95. The Bertz CT molecular complexity index is 525. The molecule has 2 aromatic rings. The smallest absolute Gasteiger partial charge is 0.123 e. The molecular weight excluding hydrogens is 196 g/mol. The Balaban J connectivity index is 2.17.